The third-order valence-electron chi connectivity index (χ3n) is 1.82. The van der Waals surface area contributed by atoms with E-state index < -0.39 is 17.6 Å². The number of carbonyl (C=O) groups excluding carboxylic acids is 2. The SMILES string of the molecule is CCOCCC(=O)N[C@@H](C)C(=O)OC(C)(C)C. The zero-order valence-electron chi connectivity index (χ0n) is 11.3. The van der Waals surface area contributed by atoms with Crippen molar-refractivity contribution in [3.63, 3.8) is 0 Å². The van der Waals surface area contributed by atoms with Crippen LogP contribution in [0.5, 0.6) is 0 Å². The van der Waals surface area contributed by atoms with E-state index in [1.54, 1.807) is 27.7 Å². The van der Waals surface area contributed by atoms with E-state index in [1.807, 2.05) is 6.92 Å². The van der Waals surface area contributed by atoms with E-state index in [4.69, 9.17) is 9.47 Å². The summed E-state index contributed by atoms with van der Waals surface area (Å²) in [6, 6.07) is -0.636. The fourth-order valence-electron chi connectivity index (χ4n) is 1.07. The lowest BCUT2D eigenvalue weighted by Gasteiger charge is -2.22. The van der Waals surface area contributed by atoms with Gasteiger partial charge in [0.15, 0.2) is 0 Å². The van der Waals surface area contributed by atoms with Gasteiger partial charge in [-0.15, -0.1) is 0 Å². The number of rotatable bonds is 6. The number of ether oxygens (including phenoxy) is 2. The number of carbonyl (C=O) groups is 2. The summed E-state index contributed by atoms with van der Waals surface area (Å²) in [4.78, 5) is 23.0. The number of hydrogen-bond acceptors (Lipinski definition) is 4. The molecule has 1 amide bonds. The predicted octanol–water partition coefficient (Wildman–Crippen LogP) is 1.26. The van der Waals surface area contributed by atoms with Crippen LogP contribution in [0, 0.1) is 0 Å². The molecule has 1 atom stereocenters. The van der Waals surface area contributed by atoms with Crippen LogP contribution in [0.4, 0.5) is 0 Å². The monoisotopic (exact) mass is 245 g/mol. The molecule has 0 aromatic heterocycles. The number of hydrogen-bond donors (Lipinski definition) is 1. The van der Waals surface area contributed by atoms with Crippen molar-refractivity contribution in [2.24, 2.45) is 0 Å². The van der Waals surface area contributed by atoms with Crippen molar-refractivity contribution in [1.82, 2.24) is 5.32 Å². The van der Waals surface area contributed by atoms with Gasteiger partial charge < -0.3 is 14.8 Å². The molecule has 0 aromatic carbocycles. The highest BCUT2D eigenvalue weighted by atomic mass is 16.6. The average molecular weight is 245 g/mol. The molecule has 0 rings (SSSR count). The highest BCUT2D eigenvalue weighted by Gasteiger charge is 2.22. The van der Waals surface area contributed by atoms with Crippen LogP contribution in [0.2, 0.25) is 0 Å². The molecule has 0 aromatic rings. The van der Waals surface area contributed by atoms with Crippen molar-refractivity contribution in [1.29, 1.82) is 0 Å². The minimum absolute atomic E-state index is 0.211. The second-order valence-electron chi connectivity index (χ2n) is 4.77. The Labute approximate surface area is 103 Å². The molecule has 5 heteroatoms. The summed E-state index contributed by atoms with van der Waals surface area (Å²) < 4.78 is 10.2. The van der Waals surface area contributed by atoms with Crippen LogP contribution in [0.1, 0.15) is 41.0 Å². The third kappa shape index (κ3) is 8.68. The zero-order valence-corrected chi connectivity index (χ0v) is 11.3. The molecular weight excluding hydrogens is 222 g/mol. The lowest BCUT2D eigenvalue weighted by atomic mass is 10.2. The van der Waals surface area contributed by atoms with Crippen molar-refractivity contribution in [2.75, 3.05) is 13.2 Å². The van der Waals surface area contributed by atoms with Crippen LogP contribution < -0.4 is 5.32 Å². The Morgan fingerprint density at radius 1 is 1.29 bits per heavy atom. The van der Waals surface area contributed by atoms with Gasteiger partial charge in [-0.25, -0.2) is 4.79 Å². The summed E-state index contributed by atoms with van der Waals surface area (Å²) in [5.74, 6) is -0.640. The minimum atomic E-state index is -0.636. The Kier molecular flexibility index (Phi) is 6.80. The van der Waals surface area contributed by atoms with E-state index in [-0.39, 0.29) is 12.3 Å². The van der Waals surface area contributed by atoms with Gasteiger partial charge in [0.25, 0.3) is 0 Å². The van der Waals surface area contributed by atoms with E-state index in [1.165, 1.54) is 0 Å². The predicted molar refractivity (Wildman–Crippen MR) is 64.6 cm³/mol. The van der Waals surface area contributed by atoms with Gasteiger partial charge in [0.1, 0.15) is 11.6 Å². The van der Waals surface area contributed by atoms with Crippen LogP contribution in [-0.2, 0) is 19.1 Å². The molecule has 0 fully saturated rings. The Morgan fingerprint density at radius 3 is 2.35 bits per heavy atom. The topological polar surface area (TPSA) is 64.6 Å². The molecule has 5 nitrogen and oxygen atoms in total. The summed E-state index contributed by atoms with van der Waals surface area (Å²) >= 11 is 0. The average Bonchev–Trinajstić information content (AvgIpc) is 2.15. The fraction of sp³-hybridized carbons (Fsp3) is 0.833. The van der Waals surface area contributed by atoms with Crippen LogP contribution in [0.25, 0.3) is 0 Å². The molecule has 0 aliphatic heterocycles. The van der Waals surface area contributed by atoms with Crippen molar-refractivity contribution in [3.8, 4) is 0 Å². The molecule has 0 saturated carbocycles. The second kappa shape index (κ2) is 7.27. The summed E-state index contributed by atoms with van der Waals surface area (Å²) in [5.41, 5.74) is -0.540. The fourth-order valence-corrected chi connectivity index (χ4v) is 1.07. The highest BCUT2D eigenvalue weighted by Crippen LogP contribution is 2.08. The molecule has 0 bridgehead atoms. The molecule has 0 unspecified atom stereocenters. The number of nitrogens with one attached hydrogen (secondary N) is 1. The Bertz CT molecular complexity index is 258. The molecule has 0 radical (unpaired) electrons. The second-order valence-corrected chi connectivity index (χ2v) is 4.77. The highest BCUT2D eigenvalue weighted by molar-refractivity contribution is 5.84. The van der Waals surface area contributed by atoms with Crippen molar-refractivity contribution >= 4 is 11.9 Å². The smallest absolute Gasteiger partial charge is 0.328 e. The molecule has 1 N–H and O–H groups in total. The van der Waals surface area contributed by atoms with Crippen molar-refractivity contribution in [2.45, 2.75) is 52.7 Å². The van der Waals surface area contributed by atoms with Crippen LogP contribution in [0.15, 0.2) is 0 Å². The summed E-state index contributed by atoms with van der Waals surface area (Å²) in [5, 5.41) is 2.57. The van der Waals surface area contributed by atoms with Crippen molar-refractivity contribution < 1.29 is 19.1 Å². The molecular formula is C12H23NO4. The van der Waals surface area contributed by atoms with Gasteiger partial charge in [0, 0.05) is 13.0 Å². The van der Waals surface area contributed by atoms with Gasteiger partial charge in [-0.1, -0.05) is 0 Å². The Balaban J connectivity index is 3.95. The Hall–Kier alpha value is -1.10. The van der Waals surface area contributed by atoms with Gasteiger partial charge in [0.05, 0.1) is 6.61 Å². The first-order valence-corrected chi connectivity index (χ1v) is 5.86. The van der Waals surface area contributed by atoms with Gasteiger partial charge in [0.2, 0.25) is 5.91 Å². The van der Waals surface area contributed by atoms with Gasteiger partial charge in [-0.3, -0.25) is 4.79 Å². The lowest BCUT2D eigenvalue weighted by molar-refractivity contribution is -0.158. The molecule has 0 aliphatic carbocycles. The van der Waals surface area contributed by atoms with E-state index >= 15 is 0 Å². The van der Waals surface area contributed by atoms with Gasteiger partial charge in [-0.2, -0.15) is 0 Å². The lowest BCUT2D eigenvalue weighted by Crippen LogP contribution is -2.42. The number of esters is 1. The first kappa shape index (κ1) is 15.9. The largest absolute Gasteiger partial charge is 0.458 e. The maximum absolute atomic E-state index is 11.6. The van der Waals surface area contributed by atoms with Gasteiger partial charge >= 0.3 is 5.97 Å². The first-order valence-electron chi connectivity index (χ1n) is 5.86. The molecule has 100 valence electrons. The Morgan fingerprint density at radius 2 is 1.88 bits per heavy atom. The van der Waals surface area contributed by atoms with Gasteiger partial charge in [-0.05, 0) is 34.6 Å². The standard InChI is InChI=1S/C12H23NO4/c1-6-16-8-7-10(14)13-9(2)11(15)17-12(3,4)5/h9H,6-8H2,1-5H3,(H,13,14)/t9-/m0/s1. The van der Waals surface area contributed by atoms with E-state index in [0.29, 0.717) is 13.2 Å². The zero-order chi connectivity index (χ0) is 13.5. The van der Waals surface area contributed by atoms with E-state index in [0.717, 1.165) is 0 Å². The van der Waals surface area contributed by atoms with Crippen LogP contribution >= 0.6 is 0 Å². The summed E-state index contributed by atoms with van der Waals surface area (Å²) in [6.07, 6.45) is 0.251. The summed E-state index contributed by atoms with van der Waals surface area (Å²) in [7, 11) is 0. The third-order valence-corrected chi connectivity index (χ3v) is 1.82. The molecule has 0 spiro atoms. The van der Waals surface area contributed by atoms with E-state index in [9.17, 15) is 9.59 Å². The summed E-state index contributed by atoms with van der Waals surface area (Å²) in [6.45, 7) is 9.77. The molecule has 17 heavy (non-hydrogen) atoms. The molecule has 0 aliphatic rings. The molecule has 0 heterocycles. The quantitative estimate of drug-likeness (QED) is 0.565. The van der Waals surface area contributed by atoms with E-state index in [2.05, 4.69) is 5.32 Å². The first-order chi connectivity index (χ1) is 7.76. The maximum Gasteiger partial charge on any atom is 0.328 e. The van der Waals surface area contributed by atoms with Crippen LogP contribution in [0.3, 0.4) is 0 Å². The number of amides is 1. The minimum Gasteiger partial charge on any atom is -0.458 e. The van der Waals surface area contributed by atoms with Crippen molar-refractivity contribution in [3.05, 3.63) is 0 Å². The molecule has 0 saturated heterocycles. The maximum atomic E-state index is 11.6. The van der Waals surface area contributed by atoms with Crippen LogP contribution in [-0.4, -0.2) is 36.7 Å². The normalized spacial score (nSPS) is 13.0.